The fraction of sp³-hybridized carbons (Fsp3) is 0.263. The Kier molecular flexibility index (Phi) is 4.72. The maximum Gasteiger partial charge on any atom is 0.259 e. The van der Waals surface area contributed by atoms with Crippen LogP contribution in [0.5, 0.6) is 11.5 Å². The van der Waals surface area contributed by atoms with E-state index in [-0.39, 0.29) is 5.56 Å². The zero-order valence-electron chi connectivity index (χ0n) is 14.8. The second kappa shape index (κ2) is 6.94. The van der Waals surface area contributed by atoms with E-state index in [9.17, 15) is 4.79 Å². The quantitative estimate of drug-likeness (QED) is 0.773. The van der Waals surface area contributed by atoms with Crippen LogP contribution in [0.4, 0.5) is 0 Å². The molecule has 2 heterocycles. The van der Waals surface area contributed by atoms with Crippen LogP contribution < -0.4 is 20.3 Å². The van der Waals surface area contributed by atoms with Gasteiger partial charge in [0.2, 0.25) is 0 Å². The molecule has 0 radical (unpaired) electrons. The van der Waals surface area contributed by atoms with Gasteiger partial charge in [0.1, 0.15) is 11.5 Å². The molecule has 2 aromatic heterocycles. The Hall–Kier alpha value is -2.86. The van der Waals surface area contributed by atoms with E-state index in [4.69, 9.17) is 9.47 Å². The largest absolute Gasteiger partial charge is 0.496 e. The van der Waals surface area contributed by atoms with Crippen LogP contribution in [-0.4, -0.2) is 30.8 Å². The van der Waals surface area contributed by atoms with Gasteiger partial charge in [-0.15, -0.1) is 0 Å². The fourth-order valence-electron chi connectivity index (χ4n) is 3.03. The van der Waals surface area contributed by atoms with Crippen molar-refractivity contribution < 1.29 is 9.47 Å². The van der Waals surface area contributed by atoms with Crippen molar-refractivity contribution in [3.05, 3.63) is 52.7 Å². The highest BCUT2D eigenvalue weighted by atomic mass is 16.5. The third-order valence-corrected chi connectivity index (χ3v) is 4.26. The first-order valence-electron chi connectivity index (χ1n) is 7.94. The lowest BCUT2D eigenvalue weighted by atomic mass is 9.99. The molecule has 3 aromatic rings. The summed E-state index contributed by atoms with van der Waals surface area (Å²) in [5.74, 6) is 1.47. The first kappa shape index (κ1) is 17.0. The van der Waals surface area contributed by atoms with Gasteiger partial charge in [-0.25, -0.2) is 0 Å². The van der Waals surface area contributed by atoms with Crippen molar-refractivity contribution >= 4 is 10.8 Å². The molecule has 0 aliphatic heterocycles. The molecule has 0 bridgehead atoms. The highest BCUT2D eigenvalue weighted by molar-refractivity contribution is 5.95. The molecule has 0 spiro atoms. The molecule has 0 saturated carbocycles. The van der Waals surface area contributed by atoms with Gasteiger partial charge in [-0.05, 0) is 36.2 Å². The second-order valence-corrected chi connectivity index (χ2v) is 5.77. The number of aromatic nitrogens is 2. The van der Waals surface area contributed by atoms with E-state index in [1.165, 1.54) is 0 Å². The van der Waals surface area contributed by atoms with Gasteiger partial charge in [-0.2, -0.15) is 0 Å². The number of nitrogens with zero attached hydrogens (tertiary/aromatic N) is 2. The standard InChI is InChI=1S/C19H21N3O3/c1-20-9-15-17(24-3)7-12(8-18(15)25-4)16-11-22(2)19(23)14-10-21-6-5-13(14)16/h5-8,10-11,20H,9H2,1-4H3. The molecule has 3 rings (SSSR count). The summed E-state index contributed by atoms with van der Waals surface area (Å²) in [6, 6.07) is 5.79. The lowest BCUT2D eigenvalue weighted by Crippen LogP contribution is -2.16. The summed E-state index contributed by atoms with van der Waals surface area (Å²) in [5, 5.41) is 4.56. The van der Waals surface area contributed by atoms with Crippen LogP contribution in [0, 0.1) is 0 Å². The molecule has 0 unspecified atom stereocenters. The summed E-state index contributed by atoms with van der Waals surface area (Å²) in [5.41, 5.74) is 2.72. The average Bonchev–Trinajstić information content (AvgIpc) is 2.65. The van der Waals surface area contributed by atoms with Crippen molar-refractivity contribution in [3.63, 3.8) is 0 Å². The molecule has 0 aliphatic rings. The molecule has 0 fully saturated rings. The third kappa shape index (κ3) is 2.96. The number of rotatable bonds is 5. The number of methoxy groups -OCH3 is 2. The van der Waals surface area contributed by atoms with E-state index in [0.717, 1.165) is 33.6 Å². The minimum atomic E-state index is -0.0717. The molecule has 6 nitrogen and oxygen atoms in total. The summed E-state index contributed by atoms with van der Waals surface area (Å²) in [6.07, 6.45) is 5.12. The van der Waals surface area contributed by atoms with Crippen LogP contribution >= 0.6 is 0 Å². The van der Waals surface area contributed by atoms with Crippen LogP contribution in [0.15, 0.2) is 41.6 Å². The van der Waals surface area contributed by atoms with Gasteiger partial charge < -0.3 is 19.4 Å². The monoisotopic (exact) mass is 339 g/mol. The molecule has 0 atom stereocenters. The molecule has 1 aromatic carbocycles. The summed E-state index contributed by atoms with van der Waals surface area (Å²) >= 11 is 0. The van der Waals surface area contributed by atoms with Gasteiger partial charge in [0.25, 0.3) is 5.56 Å². The van der Waals surface area contributed by atoms with Gasteiger partial charge in [-0.1, -0.05) is 0 Å². The number of benzene rings is 1. The van der Waals surface area contributed by atoms with E-state index in [1.54, 1.807) is 38.2 Å². The second-order valence-electron chi connectivity index (χ2n) is 5.77. The number of pyridine rings is 2. The van der Waals surface area contributed by atoms with E-state index in [2.05, 4.69) is 10.3 Å². The Bertz CT molecular complexity index is 954. The van der Waals surface area contributed by atoms with Crippen molar-refractivity contribution in [1.82, 2.24) is 14.9 Å². The van der Waals surface area contributed by atoms with Crippen molar-refractivity contribution in [3.8, 4) is 22.6 Å². The van der Waals surface area contributed by atoms with Gasteiger partial charge in [0, 0.05) is 43.3 Å². The van der Waals surface area contributed by atoms with Crippen molar-refractivity contribution in [1.29, 1.82) is 0 Å². The van der Waals surface area contributed by atoms with Crippen molar-refractivity contribution in [2.24, 2.45) is 7.05 Å². The first-order valence-corrected chi connectivity index (χ1v) is 7.94. The lowest BCUT2D eigenvalue weighted by molar-refractivity contribution is 0.384. The summed E-state index contributed by atoms with van der Waals surface area (Å²) in [7, 11) is 6.89. The topological polar surface area (TPSA) is 65.4 Å². The third-order valence-electron chi connectivity index (χ3n) is 4.26. The van der Waals surface area contributed by atoms with Gasteiger partial charge >= 0.3 is 0 Å². The highest BCUT2D eigenvalue weighted by Gasteiger charge is 2.15. The SMILES string of the molecule is CNCc1c(OC)cc(-c2cn(C)c(=O)c3cnccc23)cc1OC. The molecule has 0 aliphatic carbocycles. The Morgan fingerprint density at radius 3 is 2.44 bits per heavy atom. The maximum atomic E-state index is 12.4. The number of hydrogen-bond donors (Lipinski definition) is 1. The summed E-state index contributed by atoms with van der Waals surface area (Å²) in [6.45, 7) is 0.630. The van der Waals surface area contributed by atoms with Crippen LogP contribution in [0.3, 0.4) is 0 Å². The zero-order valence-corrected chi connectivity index (χ0v) is 14.8. The fourth-order valence-corrected chi connectivity index (χ4v) is 3.03. The maximum absolute atomic E-state index is 12.4. The van der Waals surface area contributed by atoms with Gasteiger partial charge in [0.05, 0.1) is 19.6 Å². The summed E-state index contributed by atoms with van der Waals surface area (Å²) < 4.78 is 12.7. The Morgan fingerprint density at radius 1 is 1.16 bits per heavy atom. The van der Waals surface area contributed by atoms with E-state index in [1.807, 2.05) is 31.4 Å². The van der Waals surface area contributed by atoms with E-state index < -0.39 is 0 Å². The normalized spacial score (nSPS) is 10.9. The number of fused-ring (bicyclic) bond motifs is 1. The van der Waals surface area contributed by atoms with Crippen molar-refractivity contribution in [2.75, 3.05) is 21.3 Å². The molecular formula is C19H21N3O3. The molecule has 0 amide bonds. The van der Waals surface area contributed by atoms with E-state index >= 15 is 0 Å². The number of nitrogens with one attached hydrogen (secondary N) is 1. The highest BCUT2D eigenvalue weighted by Crippen LogP contribution is 2.36. The predicted octanol–water partition coefficient (Wildman–Crippen LogP) is 2.34. The average molecular weight is 339 g/mol. The molecular weight excluding hydrogens is 318 g/mol. The molecule has 25 heavy (non-hydrogen) atoms. The predicted molar refractivity (Wildman–Crippen MR) is 98.3 cm³/mol. The van der Waals surface area contributed by atoms with Gasteiger partial charge in [0.15, 0.2) is 0 Å². The molecule has 130 valence electrons. The Balaban J connectivity index is 2.32. The van der Waals surface area contributed by atoms with Crippen LogP contribution in [0.2, 0.25) is 0 Å². The molecule has 6 heteroatoms. The minimum Gasteiger partial charge on any atom is -0.496 e. The first-order chi connectivity index (χ1) is 12.1. The smallest absolute Gasteiger partial charge is 0.259 e. The number of hydrogen-bond acceptors (Lipinski definition) is 5. The lowest BCUT2D eigenvalue weighted by Gasteiger charge is -2.16. The van der Waals surface area contributed by atoms with Crippen molar-refractivity contribution in [2.45, 2.75) is 6.54 Å². The number of ether oxygens (including phenoxy) is 2. The summed E-state index contributed by atoms with van der Waals surface area (Å²) in [4.78, 5) is 16.4. The minimum absolute atomic E-state index is 0.0717. The zero-order chi connectivity index (χ0) is 18.0. The van der Waals surface area contributed by atoms with E-state index in [0.29, 0.717) is 11.9 Å². The van der Waals surface area contributed by atoms with Crippen LogP contribution in [0.1, 0.15) is 5.56 Å². The van der Waals surface area contributed by atoms with Crippen LogP contribution in [0.25, 0.3) is 21.9 Å². The Morgan fingerprint density at radius 2 is 1.84 bits per heavy atom. The number of aryl methyl sites for hydroxylation is 1. The Labute approximate surface area is 146 Å². The van der Waals surface area contributed by atoms with Gasteiger partial charge in [-0.3, -0.25) is 9.78 Å². The molecule has 0 saturated heterocycles. The van der Waals surface area contributed by atoms with Crippen LogP contribution in [-0.2, 0) is 13.6 Å². The molecule has 1 N–H and O–H groups in total.